The Balaban J connectivity index is 1.28. The van der Waals surface area contributed by atoms with Crippen LogP contribution in [-0.2, 0) is 6.54 Å². The predicted octanol–water partition coefficient (Wildman–Crippen LogP) is 4.71. The molecule has 0 unspecified atom stereocenters. The Morgan fingerprint density at radius 3 is 2.85 bits per heavy atom. The number of nitrogens with one attached hydrogen (secondary N) is 2. The first kappa shape index (κ1) is 21.7. The number of aromatic nitrogens is 3. The largest absolute Gasteiger partial charge is 0.496 e. The molecule has 5 rings (SSSR count). The normalized spacial score (nSPS) is 15.1. The third-order valence-electron chi connectivity index (χ3n) is 5.91. The fourth-order valence-corrected chi connectivity index (χ4v) is 4.82. The van der Waals surface area contributed by atoms with Crippen LogP contribution >= 0.6 is 11.9 Å². The lowest BCUT2D eigenvalue weighted by Gasteiger charge is -2.30. The second-order valence-corrected chi connectivity index (χ2v) is 9.24. The molecule has 0 atom stereocenters. The molecule has 1 aliphatic rings. The maximum Gasteiger partial charge on any atom is 0.191 e. The van der Waals surface area contributed by atoms with Crippen molar-refractivity contribution in [2.45, 2.75) is 30.3 Å². The van der Waals surface area contributed by atoms with Crippen molar-refractivity contribution in [2.24, 2.45) is 0 Å². The number of nitrogens with zero attached hydrogens (tertiary/aromatic N) is 4. The maximum absolute atomic E-state index is 5.66. The van der Waals surface area contributed by atoms with Gasteiger partial charge in [-0.05, 0) is 86.9 Å². The zero-order chi connectivity index (χ0) is 22.6. The van der Waals surface area contributed by atoms with E-state index in [0.717, 1.165) is 40.4 Å². The topological polar surface area (TPSA) is 80.4 Å². The molecule has 0 spiro atoms. The Kier molecular flexibility index (Phi) is 6.41. The summed E-state index contributed by atoms with van der Waals surface area (Å²) in [6.07, 6.45) is 6.02. The fraction of sp³-hybridized carbons (Fsp3) is 0.333. The third-order valence-corrected chi connectivity index (χ3v) is 6.70. The molecule has 0 bridgehead atoms. The minimum absolute atomic E-state index is 0.522. The number of benzene rings is 2. The van der Waals surface area contributed by atoms with E-state index in [9.17, 15) is 0 Å². The molecule has 0 radical (unpaired) electrons. The highest BCUT2D eigenvalue weighted by Crippen LogP contribution is 2.36. The number of anilines is 2. The minimum Gasteiger partial charge on any atom is -0.496 e. The Morgan fingerprint density at radius 2 is 2.06 bits per heavy atom. The van der Waals surface area contributed by atoms with Gasteiger partial charge in [0.15, 0.2) is 11.4 Å². The van der Waals surface area contributed by atoms with Crippen molar-refractivity contribution in [1.29, 1.82) is 0 Å². The van der Waals surface area contributed by atoms with Crippen LogP contribution in [0.4, 0.5) is 11.5 Å². The van der Waals surface area contributed by atoms with Crippen molar-refractivity contribution in [2.75, 3.05) is 37.3 Å². The van der Waals surface area contributed by atoms with E-state index >= 15 is 0 Å². The van der Waals surface area contributed by atoms with Gasteiger partial charge in [-0.2, -0.15) is 5.10 Å². The molecule has 172 valence electrons. The second kappa shape index (κ2) is 9.76. The van der Waals surface area contributed by atoms with Gasteiger partial charge in [-0.3, -0.25) is 4.68 Å². The molecule has 0 amide bonds. The zero-order valence-electron chi connectivity index (χ0n) is 18.8. The number of piperidine rings is 1. The Labute approximate surface area is 197 Å². The molecule has 2 aromatic carbocycles. The number of methoxy groups -OCH3 is 1. The van der Waals surface area contributed by atoms with Crippen LogP contribution in [0.25, 0.3) is 11.0 Å². The summed E-state index contributed by atoms with van der Waals surface area (Å²) in [6, 6.07) is 14.9. The van der Waals surface area contributed by atoms with Gasteiger partial charge in [0.25, 0.3) is 0 Å². The molecule has 1 saturated heterocycles. The van der Waals surface area contributed by atoms with Crippen LogP contribution < -0.4 is 14.8 Å². The summed E-state index contributed by atoms with van der Waals surface area (Å²) in [7, 11) is 3.84. The lowest BCUT2D eigenvalue weighted by Crippen LogP contribution is -2.36. The van der Waals surface area contributed by atoms with Crippen LogP contribution in [0.15, 0.2) is 64.3 Å². The average molecular weight is 465 g/mol. The zero-order valence-corrected chi connectivity index (χ0v) is 19.6. The Morgan fingerprint density at radius 1 is 1.18 bits per heavy atom. The van der Waals surface area contributed by atoms with E-state index < -0.39 is 0 Å². The highest BCUT2D eigenvalue weighted by molar-refractivity contribution is 8.00. The van der Waals surface area contributed by atoms with Gasteiger partial charge in [-0.25, -0.2) is 0 Å². The molecule has 1 aliphatic heterocycles. The van der Waals surface area contributed by atoms with Gasteiger partial charge in [0.1, 0.15) is 11.1 Å². The quantitative estimate of drug-likeness (QED) is 0.363. The number of ether oxygens (including phenoxy) is 1. The first-order valence-electron chi connectivity index (χ1n) is 11.1. The lowest BCUT2D eigenvalue weighted by molar-refractivity contribution is 0.264. The first-order valence-corrected chi connectivity index (χ1v) is 11.9. The van der Waals surface area contributed by atoms with Crippen molar-refractivity contribution in [3.05, 3.63) is 60.4 Å². The van der Waals surface area contributed by atoms with Crippen molar-refractivity contribution >= 4 is 34.4 Å². The molecule has 3 heterocycles. The molecule has 2 N–H and O–H groups in total. The molecular weight excluding hydrogens is 436 g/mol. The van der Waals surface area contributed by atoms with Crippen molar-refractivity contribution in [3.8, 4) is 5.75 Å². The molecular formula is C24H28N6O2S. The summed E-state index contributed by atoms with van der Waals surface area (Å²) in [5, 5.41) is 13.0. The molecule has 0 saturated carbocycles. The van der Waals surface area contributed by atoms with Crippen LogP contribution in [-0.4, -0.2) is 53.1 Å². The molecule has 4 aromatic rings. The third kappa shape index (κ3) is 5.09. The van der Waals surface area contributed by atoms with E-state index in [1.54, 1.807) is 13.3 Å². The lowest BCUT2D eigenvalue weighted by atomic mass is 10.1. The van der Waals surface area contributed by atoms with Crippen LogP contribution in [0.5, 0.6) is 5.75 Å². The summed E-state index contributed by atoms with van der Waals surface area (Å²) in [6.45, 7) is 2.91. The summed E-state index contributed by atoms with van der Waals surface area (Å²) >= 11 is 1.51. The molecule has 33 heavy (non-hydrogen) atoms. The maximum atomic E-state index is 5.66. The van der Waals surface area contributed by atoms with Crippen molar-refractivity contribution in [3.63, 3.8) is 0 Å². The highest BCUT2D eigenvalue weighted by atomic mass is 32.2. The van der Waals surface area contributed by atoms with Gasteiger partial charge in [-0.1, -0.05) is 11.2 Å². The van der Waals surface area contributed by atoms with Crippen LogP contribution in [0.2, 0.25) is 0 Å². The van der Waals surface area contributed by atoms with E-state index in [1.165, 1.54) is 24.8 Å². The SMILES string of the molecule is COc1cc(Cn2cccn2)cc2onc(NSc3cccc(NC4CCN(C)CC4)c3)c12. The first-order chi connectivity index (χ1) is 16.2. The summed E-state index contributed by atoms with van der Waals surface area (Å²) in [4.78, 5) is 3.48. The predicted molar refractivity (Wildman–Crippen MR) is 132 cm³/mol. The number of fused-ring (bicyclic) bond motifs is 1. The second-order valence-electron chi connectivity index (χ2n) is 8.36. The average Bonchev–Trinajstić information content (AvgIpc) is 3.49. The van der Waals surface area contributed by atoms with Crippen molar-refractivity contribution < 1.29 is 9.26 Å². The monoisotopic (exact) mass is 464 g/mol. The molecule has 1 fully saturated rings. The minimum atomic E-state index is 0.522. The number of likely N-dealkylation sites (tertiary alicyclic amines) is 1. The molecule has 0 aliphatic carbocycles. The van der Waals surface area contributed by atoms with E-state index in [2.05, 4.69) is 56.5 Å². The fourth-order valence-electron chi connectivity index (χ4n) is 4.14. The van der Waals surface area contributed by atoms with Gasteiger partial charge >= 0.3 is 0 Å². The van der Waals surface area contributed by atoms with Crippen LogP contribution in [0.1, 0.15) is 18.4 Å². The van der Waals surface area contributed by atoms with Crippen LogP contribution in [0.3, 0.4) is 0 Å². The highest BCUT2D eigenvalue weighted by Gasteiger charge is 2.18. The van der Waals surface area contributed by atoms with Gasteiger partial charge in [0, 0.05) is 29.0 Å². The number of hydrogen-bond acceptors (Lipinski definition) is 8. The molecule has 2 aromatic heterocycles. The Hall–Kier alpha value is -3.17. The molecule has 9 heteroatoms. The number of rotatable bonds is 8. The standard InChI is InChI=1S/C24H28N6O2S/c1-29-11-7-18(8-12-29)26-19-5-3-6-20(15-19)33-28-24-23-21(31-2)13-17(14-22(23)32-27-24)16-30-10-4-9-25-30/h3-6,9-10,13-15,18,26H,7-8,11-12,16H2,1-2H3,(H,27,28). The number of hydrogen-bond donors (Lipinski definition) is 2. The van der Waals surface area contributed by atoms with Gasteiger partial charge in [0.05, 0.1) is 13.7 Å². The van der Waals surface area contributed by atoms with Gasteiger partial charge in [0.2, 0.25) is 0 Å². The van der Waals surface area contributed by atoms with E-state index in [0.29, 0.717) is 24.0 Å². The summed E-state index contributed by atoms with van der Waals surface area (Å²) in [5.74, 6) is 1.36. The summed E-state index contributed by atoms with van der Waals surface area (Å²) in [5.41, 5.74) is 2.85. The van der Waals surface area contributed by atoms with E-state index in [1.807, 2.05) is 29.1 Å². The van der Waals surface area contributed by atoms with Gasteiger partial charge < -0.3 is 24.2 Å². The van der Waals surface area contributed by atoms with Crippen molar-refractivity contribution in [1.82, 2.24) is 19.8 Å². The van der Waals surface area contributed by atoms with E-state index in [-0.39, 0.29) is 0 Å². The Bertz CT molecular complexity index is 1200. The smallest absolute Gasteiger partial charge is 0.191 e. The van der Waals surface area contributed by atoms with Gasteiger partial charge in [-0.15, -0.1) is 0 Å². The van der Waals surface area contributed by atoms with Crippen LogP contribution in [0, 0.1) is 0 Å². The van der Waals surface area contributed by atoms with E-state index in [4.69, 9.17) is 9.26 Å². The summed E-state index contributed by atoms with van der Waals surface area (Å²) < 4.78 is 16.5. The molecule has 8 nitrogen and oxygen atoms in total.